The molecule has 0 aromatic heterocycles. The monoisotopic (exact) mass is 623 g/mol. The van der Waals surface area contributed by atoms with E-state index in [1.54, 1.807) is 30.3 Å². The molecule has 174 valence electrons. The first-order valence-electron chi connectivity index (χ1n) is 10.2. The van der Waals surface area contributed by atoms with Crippen molar-refractivity contribution in [3.63, 3.8) is 0 Å². The van der Waals surface area contributed by atoms with E-state index >= 15 is 0 Å². The maximum atomic E-state index is 12.4. The molecule has 1 heterocycles. The summed E-state index contributed by atoms with van der Waals surface area (Å²) in [5.74, 6) is 0.696. The summed E-state index contributed by atoms with van der Waals surface area (Å²) in [7, 11) is 0. The average molecular weight is 626 g/mol. The molecule has 0 spiro atoms. The number of rotatable bonds is 7. The molecule has 0 fully saturated rings. The zero-order valence-corrected chi connectivity index (χ0v) is 22.5. The molecule has 0 aliphatic carbocycles. The summed E-state index contributed by atoms with van der Waals surface area (Å²) in [5.41, 5.74) is 2.39. The summed E-state index contributed by atoms with van der Waals surface area (Å²) in [6.45, 7) is 2.68. The van der Waals surface area contributed by atoms with Crippen LogP contribution in [0.15, 0.2) is 74.2 Å². The fraction of sp³-hybridized carbons (Fsp3) is 0.120. The van der Waals surface area contributed by atoms with E-state index in [0.717, 1.165) is 10.0 Å². The molecule has 5 nitrogen and oxygen atoms in total. The standard InChI is InChI=1S/C25H17Br2Cl2NO4/c1-2-32-22-11-14(9-18(27)23(22)33-13-16-5-3-4-6-17(16)26)10-21-25(31)34-24(30-21)15-7-8-19(28)20(29)12-15/h3-12H,2,13H2,1H3/b21-10-. The summed E-state index contributed by atoms with van der Waals surface area (Å²) in [4.78, 5) is 16.8. The van der Waals surface area contributed by atoms with E-state index in [1.807, 2.05) is 37.3 Å². The highest BCUT2D eigenvalue weighted by Gasteiger charge is 2.25. The summed E-state index contributed by atoms with van der Waals surface area (Å²) < 4.78 is 18.8. The van der Waals surface area contributed by atoms with E-state index in [4.69, 9.17) is 37.4 Å². The van der Waals surface area contributed by atoms with Gasteiger partial charge in [0.1, 0.15) is 6.61 Å². The van der Waals surface area contributed by atoms with Gasteiger partial charge in [-0.2, -0.15) is 0 Å². The minimum atomic E-state index is -0.565. The number of aliphatic imine (C=N–C) groups is 1. The predicted octanol–water partition coefficient (Wildman–Crippen LogP) is 7.84. The fourth-order valence-electron chi connectivity index (χ4n) is 3.16. The van der Waals surface area contributed by atoms with Crippen LogP contribution in [0.5, 0.6) is 11.5 Å². The van der Waals surface area contributed by atoms with Crippen molar-refractivity contribution < 1.29 is 19.0 Å². The van der Waals surface area contributed by atoms with Crippen molar-refractivity contribution in [2.45, 2.75) is 13.5 Å². The smallest absolute Gasteiger partial charge is 0.363 e. The molecule has 0 unspecified atom stereocenters. The Morgan fingerprint density at radius 3 is 2.53 bits per heavy atom. The van der Waals surface area contributed by atoms with E-state index < -0.39 is 5.97 Å². The third-order valence-corrected chi connectivity index (χ3v) is 6.85. The minimum absolute atomic E-state index is 0.150. The van der Waals surface area contributed by atoms with Gasteiger partial charge in [-0.15, -0.1) is 0 Å². The third-order valence-electron chi connectivity index (χ3n) is 4.75. The van der Waals surface area contributed by atoms with Crippen LogP contribution >= 0.6 is 55.1 Å². The Labute approximate surface area is 223 Å². The lowest BCUT2D eigenvalue weighted by atomic mass is 10.1. The molecular weight excluding hydrogens is 609 g/mol. The molecule has 3 aromatic rings. The minimum Gasteiger partial charge on any atom is -0.490 e. The number of hydrogen-bond acceptors (Lipinski definition) is 5. The lowest BCUT2D eigenvalue weighted by Crippen LogP contribution is -2.05. The Kier molecular flexibility index (Phi) is 7.99. The van der Waals surface area contributed by atoms with Crippen LogP contribution in [0.2, 0.25) is 10.0 Å². The van der Waals surface area contributed by atoms with Crippen molar-refractivity contribution >= 4 is 73.0 Å². The first-order valence-corrected chi connectivity index (χ1v) is 12.5. The highest BCUT2D eigenvalue weighted by Crippen LogP contribution is 2.38. The number of carbonyl (C=O) groups excluding carboxylic acids is 1. The molecule has 1 aliphatic heterocycles. The zero-order chi connectivity index (χ0) is 24.2. The van der Waals surface area contributed by atoms with Gasteiger partial charge in [0.15, 0.2) is 17.2 Å². The van der Waals surface area contributed by atoms with E-state index in [0.29, 0.717) is 50.4 Å². The highest BCUT2D eigenvalue weighted by atomic mass is 79.9. The zero-order valence-electron chi connectivity index (χ0n) is 17.8. The number of benzene rings is 3. The molecule has 0 bridgehead atoms. The Bertz CT molecular complexity index is 1320. The first-order chi connectivity index (χ1) is 16.4. The Hall–Kier alpha value is -2.32. The molecule has 4 rings (SSSR count). The highest BCUT2D eigenvalue weighted by molar-refractivity contribution is 9.10. The van der Waals surface area contributed by atoms with Crippen molar-refractivity contribution in [1.82, 2.24) is 0 Å². The third kappa shape index (κ3) is 5.66. The topological polar surface area (TPSA) is 57.1 Å². The maximum Gasteiger partial charge on any atom is 0.363 e. The van der Waals surface area contributed by atoms with Gasteiger partial charge in [0, 0.05) is 15.6 Å². The Morgan fingerprint density at radius 1 is 1.00 bits per heavy atom. The van der Waals surface area contributed by atoms with Gasteiger partial charge < -0.3 is 14.2 Å². The van der Waals surface area contributed by atoms with Crippen LogP contribution < -0.4 is 9.47 Å². The summed E-state index contributed by atoms with van der Waals surface area (Å²) in [6, 6.07) is 16.3. The number of esters is 1. The van der Waals surface area contributed by atoms with Gasteiger partial charge in [-0.25, -0.2) is 9.79 Å². The van der Waals surface area contributed by atoms with Crippen molar-refractivity contribution in [2.75, 3.05) is 6.61 Å². The van der Waals surface area contributed by atoms with Crippen molar-refractivity contribution in [2.24, 2.45) is 4.99 Å². The van der Waals surface area contributed by atoms with Gasteiger partial charge in [-0.1, -0.05) is 57.3 Å². The molecule has 0 atom stereocenters. The average Bonchev–Trinajstić information content (AvgIpc) is 3.16. The number of cyclic esters (lactones) is 1. The van der Waals surface area contributed by atoms with Gasteiger partial charge in [0.25, 0.3) is 0 Å². The SMILES string of the molecule is CCOc1cc(/C=C2\N=C(c3ccc(Cl)c(Cl)c3)OC2=O)cc(Br)c1OCc1ccccc1Br. The number of carbonyl (C=O) groups is 1. The van der Waals surface area contributed by atoms with Crippen LogP contribution in [0.3, 0.4) is 0 Å². The van der Waals surface area contributed by atoms with Crippen LogP contribution in [0.1, 0.15) is 23.6 Å². The van der Waals surface area contributed by atoms with Crippen LogP contribution in [0, 0.1) is 0 Å². The van der Waals surface area contributed by atoms with Gasteiger partial charge >= 0.3 is 5.97 Å². The molecule has 3 aromatic carbocycles. The quantitative estimate of drug-likeness (QED) is 0.198. The lowest BCUT2D eigenvalue weighted by Gasteiger charge is -2.15. The van der Waals surface area contributed by atoms with Gasteiger partial charge in [-0.05, 0) is 70.9 Å². The van der Waals surface area contributed by atoms with Crippen LogP contribution in [0.4, 0.5) is 0 Å². The summed E-state index contributed by atoms with van der Waals surface area (Å²) in [5, 5.41) is 0.750. The molecule has 0 saturated carbocycles. The second-order valence-corrected chi connectivity index (χ2v) is 9.63. The molecule has 0 saturated heterocycles. The normalized spacial score (nSPS) is 14.2. The summed E-state index contributed by atoms with van der Waals surface area (Å²) in [6.07, 6.45) is 1.62. The number of ether oxygens (including phenoxy) is 3. The molecule has 0 N–H and O–H groups in total. The number of hydrogen-bond donors (Lipinski definition) is 0. The van der Waals surface area contributed by atoms with Gasteiger partial charge in [-0.3, -0.25) is 0 Å². The molecule has 0 radical (unpaired) electrons. The van der Waals surface area contributed by atoms with E-state index in [1.165, 1.54) is 0 Å². The van der Waals surface area contributed by atoms with Crippen molar-refractivity contribution in [3.05, 3.63) is 96.0 Å². The first kappa shape index (κ1) is 24.8. The largest absolute Gasteiger partial charge is 0.490 e. The van der Waals surface area contributed by atoms with E-state index in [2.05, 4.69) is 36.9 Å². The van der Waals surface area contributed by atoms with Crippen molar-refractivity contribution in [1.29, 1.82) is 0 Å². The van der Waals surface area contributed by atoms with E-state index in [-0.39, 0.29) is 11.6 Å². The molecule has 0 amide bonds. The number of nitrogens with zero attached hydrogens (tertiary/aromatic N) is 1. The van der Waals surface area contributed by atoms with Crippen LogP contribution in [-0.4, -0.2) is 18.5 Å². The molecular formula is C25H17Br2Cl2NO4. The molecule has 9 heteroatoms. The van der Waals surface area contributed by atoms with Crippen LogP contribution in [0.25, 0.3) is 6.08 Å². The van der Waals surface area contributed by atoms with Crippen LogP contribution in [-0.2, 0) is 16.1 Å². The number of halogens is 4. The lowest BCUT2D eigenvalue weighted by molar-refractivity contribution is -0.129. The second-order valence-electron chi connectivity index (χ2n) is 7.11. The second kappa shape index (κ2) is 11.0. The predicted molar refractivity (Wildman–Crippen MR) is 141 cm³/mol. The fourth-order valence-corrected chi connectivity index (χ4v) is 4.43. The van der Waals surface area contributed by atoms with Gasteiger partial charge in [0.2, 0.25) is 5.90 Å². The molecule has 34 heavy (non-hydrogen) atoms. The Morgan fingerprint density at radius 2 is 1.79 bits per heavy atom. The summed E-state index contributed by atoms with van der Waals surface area (Å²) >= 11 is 19.1. The van der Waals surface area contributed by atoms with E-state index in [9.17, 15) is 4.79 Å². The Balaban J connectivity index is 1.62. The van der Waals surface area contributed by atoms with Crippen molar-refractivity contribution in [3.8, 4) is 11.5 Å². The molecule has 1 aliphatic rings. The maximum absolute atomic E-state index is 12.4. The van der Waals surface area contributed by atoms with Gasteiger partial charge in [0.05, 0.1) is 21.1 Å².